The molecule has 0 atom stereocenters. The zero-order chi connectivity index (χ0) is 13.8. The van der Waals surface area contributed by atoms with E-state index in [0.717, 1.165) is 4.90 Å². The summed E-state index contributed by atoms with van der Waals surface area (Å²) in [5.41, 5.74) is 2.45. The van der Waals surface area contributed by atoms with Gasteiger partial charge in [0, 0.05) is 9.79 Å². The van der Waals surface area contributed by atoms with Gasteiger partial charge in [0.1, 0.15) is 5.75 Å². The van der Waals surface area contributed by atoms with Gasteiger partial charge in [-0.05, 0) is 47.5 Å². The Labute approximate surface area is 122 Å². The molecule has 0 saturated heterocycles. The maximum Gasteiger partial charge on any atom is 0.115 e. The van der Waals surface area contributed by atoms with E-state index in [-0.39, 0.29) is 0 Å². The summed E-state index contributed by atoms with van der Waals surface area (Å²) >= 11 is 1.69. The SMILES string of the molecule is Oc1ccc(Sc2ccc(-c3ccccc3)cc2)cc1. The molecule has 0 aromatic heterocycles. The molecule has 0 bridgehead atoms. The number of rotatable bonds is 3. The number of phenolic OH excluding ortho intramolecular Hbond substituents is 1. The quantitative estimate of drug-likeness (QED) is 0.709. The van der Waals surface area contributed by atoms with E-state index < -0.39 is 0 Å². The van der Waals surface area contributed by atoms with Gasteiger partial charge < -0.3 is 5.11 Å². The highest BCUT2D eigenvalue weighted by Crippen LogP contribution is 2.30. The van der Waals surface area contributed by atoms with Crippen molar-refractivity contribution in [2.45, 2.75) is 9.79 Å². The van der Waals surface area contributed by atoms with Crippen LogP contribution in [0.4, 0.5) is 0 Å². The van der Waals surface area contributed by atoms with E-state index in [4.69, 9.17) is 0 Å². The average Bonchev–Trinajstić information content (AvgIpc) is 2.51. The van der Waals surface area contributed by atoms with Crippen LogP contribution in [0.1, 0.15) is 0 Å². The molecule has 0 saturated carbocycles. The molecule has 20 heavy (non-hydrogen) atoms. The normalized spacial score (nSPS) is 10.4. The number of aromatic hydroxyl groups is 1. The van der Waals surface area contributed by atoms with Gasteiger partial charge in [-0.2, -0.15) is 0 Å². The molecular formula is C18H14OS. The topological polar surface area (TPSA) is 20.2 Å². The molecule has 0 radical (unpaired) electrons. The van der Waals surface area contributed by atoms with Crippen LogP contribution in [0.5, 0.6) is 5.75 Å². The summed E-state index contributed by atoms with van der Waals surface area (Å²) in [6.07, 6.45) is 0. The largest absolute Gasteiger partial charge is 0.508 e. The maximum atomic E-state index is 9.28. The predicted molar refractivity (Wildman–Crippen MR) is 84.1 cm³/mol. The van der Waals surface area contributed by atoms with Crippen molar-refractivity contribution >= 4 is 11.8 Å². The molecular weight excluding hydrogens is 264 g/mol. The lowest BCUT2D eigenvalue weighted by atomic mass is 10.1. The third-order valence-corrected chi connectivity index (χ3v) is 4.05. The molecule has 1 nitrogen and oxygen atoms in total. The first-order chi connectivity index (χ1) is 9.81. The first-order valence-corrected chi connectivity index (χ1v) is 7.25. The van der Waals surface area contributed by atoms with E-state index in [9.17, 15) is 5.11 Å². The van der Waals surface area contributed by atoms with Crippen LogP contribution >= 0.6 is 11.8 Å². The first kappa shape index (κ1) is 12.8. The van der Waals surface area contributed by atoms with Crippen molar-refractivity contribution in [3.05, 3.63) is 78.9 Å². The van der Waals surface area contributed by atoms with Gasteiger partial charge in [0.25, 0.3) is 0 Å². The summed E-state index contributed by atoms with van der Waals surface area (Å²) in [5, 5.41) is 9.28. The standard InChI is InChI=1S/C18H14OS/c19-16-8-12-18(13-9-16)20-17-10-6-15(7-11-17)14-4-2-1-3-5-14/h1-13,19H. The highest BCUT2D eigenvalue weighted by Gasteiger charge is 2.00. The summed E-state index contributed by atoms with van der Waals surface area (Å²) in [6, 6.07) is 26.1. The lowest BCUT2D eigenvalue weighted by Gasteiger charge is -2.05. The van der Waals surface area contributed by atoms with E-state index >= 15 is 0 Å². The van der Waals surface area contributed by atoms with Crippen molar-refractivity contribution < 1.29 is 5.11 Å². The molecule has 0 amide bonds. The fourth-order valence-electron chi connectivity index (χ4n) is 2.00. The van der Waals surface area contributed by atoms with Crippen LogP contribution in [0.15, 0.2) is 88.7 Å². The average molecular weight is 278 g/mol. The monoisotopic (exact) mass is 278 g/mol. The second kappa shape index (κ2) is 5.85. The van der Waals surface area contributed by atoms with E-state index in [2.05, 4.69) is 48.5 Å². The van der Waals surface area contributed by atoms with Crippen molar-refractivity contribution in [3.8, 4) is 16.9 Å². The minimum atomic E-state index is 0.300. The Balaban J connectivity index is 1.78. The lowest BCUT2D eigenvalue weighted by Crippen LogP contribution is -1.78. The molecule has 0 aliphatic rings. The number of phenols is 1. The summed E-state index contributed by atoms with van der Waals surface area (Å²) in [6.45, 7) is 0. The molecule has 0 heterocycles. The molecule has 0 aliphatic heterocycles. The number of hydrogen-bond acceptors (Lipinski definition) is 2. The third-order valence-electron chi connectivity index (χ3n) is 3.03. The molecule has 0 spiro atoms. The smallest absolute Gasteiger partial charge is 0.115 e. The molecule has 0 unspecified atom stereocenters. The van der Waals surface area contributed by atoms with E-state index in [1.807, 2.05) is 18.2 Å². The van der Waals surface area contributed by atoms with Crippen LogP contribution in [0.2, 0.25) is 0 Å². The van der Waals surface area contributed by atoms with Crippen molar-refractivity contribution in [3.63, 3.8) is 0 Å². The molecule has 3 aromatic rings. The van der Waals surface area contributed by atoms with Crippen LogP contribution in [-0.4, -0.2) is 5.11 Å². The van der Waals surface area contributed by atoms with Gasteiger partial charge in [0.05, 0.1) is 0 Å². The van der Waals surface area contributed by atoms with Crippen LogP contribution < -0.4 is 0 Å². The van der Waals surface area contributed by atoms with Crippen molar-refractivity contribution in [2.24, 2.45) is 0 Å². The molecule has 98 valence electrons. The minimum absolute atomic E-state index is 0.300. The second-order valence-electron chi connectivity index (χ2n) is 4.49. The highest BCUT2D eigenvalue weighted by molar-refractivity contribution is 7.99. The van der Waals surface area contributed by atoms with Crippen LogP contribution in [-0.2, 0) is 0 Å². The van der Waals surface area contributed by atoms with Crippen LogP contribution in [0, 0.1) is 0 Å². The first-order valence-electron chi connectivity index (χ1n) is 6.44. The Hall–Kier alpha value is -2.19. The summed E-state index contributed by atoms with van der Waals surface area (Å²) in [4.78, 5) is 2.31. The van der Waals surface area contributed by atoms with Crippen LogP contribution in [0.3, 0.4) is 0 Å². The van der Waals surface area contributed by atoms with Gasteiger partial charge in [-0.3, -0.25) is 0 Å². The van der Waals surface area contributed by atoms with Gasteiger partial charge in [0.15, 0.2) is 0 Å². The van der Waals surface area contributed by atoms with Gasteiger partial charge >= 0.3 is 0 Å². The molecule has 0 fully saturated rings. The Kier molecular flexibility index (Phi) is 3.75. The fourth-order valence-corrected chi connectivity index (χ4v) is 2.81. The molecule has 1 N–H and O–H groups in total. The zero-order valence-electron chi connectivity index (χ0n) is 10.9. The Morgan fingerprint density at radius 1 is 0.550 bits per heavy atom. The fraction of sp³-hybridized carbons (Fsp3) is 0. The third kappa shape index (κ3) is 3.03. The second-order valence-corrected chi connectivity index (χ2v) is 5.63. The van der Waals surface area contributed by atoms with E-state index in [0.29, 0.717) is 5.75 Å². The minimum Gasteiger partial charge on any atom is -0.508 e. The zero-order valence-corrected chi connectivity index (χ0v) is 11.7. The molecule has 2 heteroatoms. The van der Waals surface area contributed by atoms with Crippen LogP contribution in [0.25, 0.3) is 11.1 Å². The molecule has 3 aromatic carbocycles. The van der Waals surface area contributed by atoms with Gasteiger partial charge in [-0.25, -0.2) is 0 Å². The Morgan fingerprint density at radius 2 is 1.05 bits per heavy atom. The van der Waals surface area contributed by atoms with E-state index in [1.54, 1.807) is 23.9 Å². The Morgan fingerprint density at radius 3 is 1.65 bits per heavy atom. The van der Waals surface area contributed by atoms with Gasteiger partial charge in [-0.15, -0.1) is 0 Å². The van der Waals surface area contributed by atoms with Crippen molar-refractivity contribution in [1.29, 1.82) is 0 Å². The summed E-state index contributed by atoms with van der Waals surface area (Å²) in [7, 11) is 0. The predicted octanol–water partition coefficient (Wildman–Crippen LogP) is 5.21. The Bertz CT molecular complexity index is 673. The summed E-state index contributed by atoms with van der Waals surface area (Å²) < 4.78 is 0. The number of hydrogen-bond donors (Lipinski definition) is 1. The van der Waals surface area contributed by atoms with Gasteiger partial charge in [-0.1, -0.05) is 54.2 Å². The highest BCUT2D eigenvalue weighted by atomic mass is 32.2. The summed E-state index contributed by atoms with van der Waals surface area (Å²) in [5.74, 6) is 0.300. The number of benzene rings is 3. The van der Waals surface area contributed by atoms with Crippen molar-refractivity contribution in [1.82, 2.24) is 0 Å². The van der Waals surface area contributed by atoms with Gasteiger partial charge in [0.2, 0.25) is 0 Å². The van der Waals surface area contributed by atoms with Crippen molar-refractivity contribution in [2.75, 3.05) is 0 Å². The maximum absolute atomic E-state index is 9.28. The lowest BCUT2D eigenvalue weighted by molar-refractivity contribution is 0.475. The van der Waals surface area contributed by atoms with E-state index in [1.165, 1.54) is 16.0 Å². The molecule has 3 rings (SSSR count). The molecule has 0 aliphatic carbocycles.